The van der Waals surface area contributed by atoms with E-state index in [9.17, 15) is 19.2 Å². The maximum atomic E-state index is 11.7. The number of hydrogen-bond acceptors (Lipinski definition) is 5. The number of urea groups is 1. The fraction of sp³-hybridized carbons (Fsp3) is 0.636. The van der Waals surface area contributed by atoms with Crippen LogP contribution in [0.15, 0.2) is 0 Å². The maximum absolute atomic E-state index is 11.7. The molecule has 1 rings (SSSR count). The molecule has 1 fully saturated rings. The molecule has 1 saturated heterocycles. The summed E-state index contributed by atoms with van der Waals surface area (Å²) in [5, 5.41) is 18.1. The molecule has 1 aliphatic rings. The third-order valence-corrected chi connectivity index (χ3v) is 2.72. The van der Waals surface area contributed by atoms with Crippen molar-refractivity contribution in [2.45, 2.75) is 0 Å². The second-order valence-corrected chi connectivity index (χ2v) is 4.34. The molecule has 0 aromatic rings. The van der Waals surface area contributed by atoms with Gasteiger partial charge in [-0.2, -0.15) is 0 Å². The summed E-state index contributed by atoms with van der Waals surface area (Å²) in [6, 6.07) is -0.663. The standard InChI is InChI=1S/C11H19N5O5/c17-8(13-7-10(19)20)5-14-11(21)15-6-9(18)16-3-1-12-2-4-16/h12H,1-7H2,(H,13,17)(H,19,20)(H2,14,15,21). The summed E-state index contributed by atoms with van der Waals surface area (Å²) < 4.78 is 0. The van der Waals surface area contributed by atoms with Crippen molar-refractivity contribution in [2.24, 2.45) is 0 Å². The van der Waals surface area contributed by atoms with Crippen LogP contribution < -0.4 is 21.3 Å². The predicted molar refractivity (Wildman–Crippen MR) is 71.5 cm³/mol. The first-order valence-corrected chi connectivity index (χ1v) is 6.47. The summed E-state index contributed by atoms with van der Waals surface area (Å²) in [4.78, 5) is 46.1. The van der Waals surface area contributed by atoms with E-state index in [1.165, 1.54) is 0 Å². The fourth-order valence-electron chi connectivity index (χ4n) is 1.64. The molecule has 0 spiro atoms. The summed E-state index contributed by atoms with van der Waals surface area (Å²) in [5.41, 5.74) is 0. The van der Waals surface area contributed by atoms with E-state index >= 15 is 0 Å². The van der Waals surface area contributed by atoms with Gasteiger partial charge in [0.1, 0.15) is 6.54 Å². The van der Waals surface area contributed by atoms with Crippen molar-refractivity contribution in [3.63, 3.8) is 0 Å². The second kappa shape index (κ2) is 8.74. The zero-order valence-corrected chi connectivity index (χ0v) is 11.5. The van der Waals surface area contributed by atoms with Gasteiger partial charge in [-0.25, -0.2) is 4.79 Å². The third-order valence-electron chi connectivity index (χ3n) is 2.72. The fourth-order valence-corrected chi connectivity index (χ4v) is 1.64. The van der Waals surface area contributed by atoms with Crippen molar-refractivity contribution >= 4 is 23.8 Å². The van der Waals surface area contributed by atoms with Gasteiger partial charge in [0.25, 0.3) is 0 Å². The topological polar surface area (TPSA) is 140 Å². The zero-order chi connectivity index (χ0) is 15.7. The van der Waals surface area contributed by atoms with E-state index in [2.05, 4.69) is 21.3 Å². The smallest absolute Gasteiger partial charge is 0.322 e. The van der Waals surface area contributed by atoms with Crippen LogP contribution in [0.5, 0.6) is 0 Å². The summed E-state index contributed by atoms with van der Waals surface area (Å²) in [7, 11) is 0. The first kappa shape index (κ1) is 16.7. The Labute approximate surface area is 121 Å². The normalized spacial score (nSPS) is 14.2. The van der Waals surface area contributed by atoms with Gasteiger partial charge in [-0.3, -0.25) is 14.4 Å². The number of nitrogens with zero attached hydrogens (tertiary/aromatic N) is 1. The minimum atomic E-state index is -1.17. The molecule has 4 amide bonds. The number of nitrogens with one attached hydrogen (secondary N) is 4. The van der Waals surface area contributed by atoms with Gasteiger partial charge in [-0.05, 0) is 0 Å². The summed E-state index contributed by atoms with van der Waals surface area (Å²) in [5.74, 6) is -1.99. The van der Waals surface area contributed by atoms with Crippen molar-refractivity contribution in [3.05, 3.63) is 0 Å². The van der Waals surface area contributed by atoms with Crippen molar-refractivity contribution in [1.82, 2.24) is 26.2 Å². The van der Waals surface area contributed by atoms with E-state index < -0.39 is 24.5 Å². The molecule has 0 aromatic carbocycles. The third kappa shape index (κ3) is 7.11. The van der Waals surface area contributed by atoms with Gasteiger partial charge in [0.2, 0.25) is 11.8 Å². The molecule has 5 N–H and O–H groups in total. The molecular weight excluding hydrogens is 282 g/mol. The van der Waals surface area contributed by atoms with Crippen molar-refractivity contribution in [2.75, 3.05) is 45.8 Å². The summed E-state index contributed by atoms with van der Waals surface area (Å²) >= 11 is 0. The molecule has 10 heteroatoms. The molecule has 10 nitrogen and oxygen atoms in total. The highest BCUT2D eigenvalue weighted by Gasteiger charge is 2.16. The first-order chi connectivity index (χ1) is 9.99. The van der Waals surface area contributed by atoms with Gasteiger partial charge in [0, 0.05) is 26.2 Å². The van der Waals surface area contributed by atoms with E-state index in [4.69, 9.17) is 5.11 Å². The van der Waals surface area contributed by atoms with Crippen LogP contribution in [0, 0.1) is 0 Å². The van der Waals surface area contributed by atoms with Gasteiger partial charge in [-0.1, -0.05) is 0 Å². The Morgan fingerprint density at radius 2 is 1.57 bits per heavy atom. The van der Waals surface area contributed by atoms with Gasteiger partial charge in [0.15, 0.2) is 0 Å². The molecule has 0 aromatic heterocycles. The Morgan fingerprint density at radius 3 is 2.19 bits per heavy atom. The van der Waals surface area contributed by atoms with Crippen molar-refractivity contribution < 1.29 is 24.3 Å². The monoisotopic (exact) mass is 301 g/mol. The Hall–Kier alpha value is -2.36. The molecule has 0 aliphatic carbocycles. The largest absolute Gasteiger partial charge is 0.480 e. The van der Waals surface area contributed by atoms with Crippen molar-refractivity contribution in [1.29, 1.82) is 0 Å². The average Bonchev–Trinajstić information content (AvgIpc) is 2.49. The molecule has 21 heavy (non-hydrogen) atoms. The number of rotatable bonds is 6. The predicted octanol–water partition coefficient (Wildman–Crippen LogP) is -3.08. The molecule has 0 radical (unpaired) electrons. The van der Waals surface area contributed by atoms with Crippen LogP contribution in [0.1, 0.15) is 0 Å². The van der Waals surface area contributed by atoms with E-state index in [1.807, 2.05) is 0 Å². The number of carbonyl (C=O) groups is 4. The molecule has 0 bridgehead atoms. The molecule has 0 unspecified atom stereocenters. The van der Waals surface area contributed by atoms with Gasteiger partial charge < -0.3 is 31.3 Å². The molecule has 0 saturated carbocycles. The molecule has 0 atom stereocenters. The molecule has 118 valence electrons. The van der Waals surface area contributed by atoms with Gasteiger partial charge in [-0.15, -0.1) is 0 Å². The molecule has 1 aliphatic heterocycles. The summed E-state index contributed by atoms with van der Waals surface area (Å²) in [6.07, 6.45) is 0. The highest BCUT2D eigenvalue weighted by Crippen LogP contribution is 1.92. The lowest BCUT2D eigenvalue weighted by Crippen LogP contribution is -2.51. The lowest BCUT2D eigenvalue weighted by molar-refractivity contribution is -0.137. The highest BCUT2D eigenvalue weighted by molar-refractivity contribution is 5.88. The number of carboxylic acid groups (broad SMARTS) is 1. The Bertz CT molecular complexity index is 408. The van der Waals surface area contributed by atoms with E-state index in [1.54, 1.807) is 4.90 Å². The minimum Gasteiger partial charge on any atom is -0.480 e. The maximum Gasteiger partial charge on any atom is 0.322 e. The minimum absolute atomic E-state index is 0.150. The number of carboxylic acids is 1. The summed E-state index contributed by atoms with van der Waals surface area (Å²) in [6.45, 7) is 1.62. The quantitative estimate of drug-likeness (QED) is 0.352. The Morgan fingerprint density at radius 1 is 0.952 bits per heavy atom. The van der Waals surface area contributed by atoms with Gasteiger partial charge >= 0.3 is 12.0 Å². The highest BCUT2D eigenvalue weighted by atomic mass is 16.4. The van der Waals surface area contributed by atoms with Gasteiger partial charge in [0.05, 0.1) is 13.1 Å². The van der Waals surface area contributed by atoms with Crippen LogP contribution in [0.4, 0.5) is 4.79 Å². The number of amides is 4. The van der Waals surface area contributed by atoms with Crippen molar-refractivity contribution in [3.8, 4) is 0 Å². The van der Waals surface area contributed by atoms with E-state index in [-0.39, 0.29) is 19.0 Å². The van der Waals surface area contributed by atoms with E-state index in [0.29, 0.717) is 13.1 Å². The first-order valence-electron chi connectivity index (χ1n) is 6.47. The van der Waals surface area contributed by atoms with Crippen LogP contribution in [0.25, 0.3) is 0 Å². The average molecular weight is 301 g/mol. The van der Waals surface area contributed by atoms with Crippen LogP contribution in [-0.4, -0.2) is 79.6 Å². The number of hydrogen-bond donors (Lipinski definition) is 5. The Kier molecular flexibility index (Phi) is 6.95. The van der Waals surface area contributed by atoms with E-state index in [0.717, 1.165) is 13.1 Å². The number of carbonyl (C=O) groups excluding carboxylic acids is 3. The SMILES string of the molecule is O=C(O)CNC(=O)CNC(=O)NCC(=O)N1CCNCC1. The van der Waals surface area contributed by atoms with Crippen LogP contribution in [0.2, 0.25) is 0 Å². The molecular formula is C11H19N5O5. The Balaban J connectivity index is 2.14. The van der Waals surface area contributed by atoms with Crippen LogP contribution >= 0.6 is 0 Å². The lowest BCUT2D eigenvalue weighted by Gasteiger charge is -2.27. The lowest BCUT2D eigenvalue weighted by atomic mass is 10.3. The molecule has 1 heterocycles. The zero-order valence-electron chi connectivity index (χ0n) is 11.5. The second-order valence-electron chi connectivity index (χ2n) is 4.34. The number of piperazine rings is 1. The van der Waals surface area contributed by atoms with Crippen LogP contribution in [0.3, 0.4) is 0 Å². The number of aliphatic carboxylic acids is 1. The van der Waals surface area contributed by atoms with Crippen LogP contribution in [-0.2, 0) is 14.4 Å².